The van der Waals surface area contributed by atoms with Gasteiger partial charge in [-0.05, 0) is 38.5 Å². The Labute approximate surface area is 329 Å². The van der Waals surface area contributed by atoms with Gasteiger partial charge in [0.25, 0.3) is 0 Å². The summed E-state index contributed by atoms with van der Waals surface area (Å²) in [5.74, 6) is -0.150. The lowest BCUT2D eigenvalue weighted by atomic mass is 10.0. The number of allylic oxidation sites excluding steroid dienone is 2. The number of hydrogen-bond donors (Lipinski definition) is 3. The van der Waals surface area contributed by atoms with Crippen LogP contribution in [0, 0.1) is 0 Å². The highest BCUT2D eigenvalue weighted by molar-refractivity contribution is 7.47. The Balaban J connectivity index is 4.19. The molecule has 0 aliphatic heterocycles. The van der Waals surface area contributed by atoms with Crippen LogP contribution in [0.5, 0.6) is 0 Å². The number of aliphatic hydroxyl groups is 1. The third-order valence-corrected chi connectivity index (χ3v) is 11.2. The van der Waals surface area contributed by atoms with Gasteiger partial charge in [0, 0.05) is 6.42 Å². The molecular formula is C44H90N2O6P+. The molecule has 0 aliphatic carbocycles. The predicted octanol–water partition coefficient (Wildman–Crippen LogP) is 12.4. The van der Waals surface area contributed by atoms with Crippen LogP contribution >= 0.6 is 7.82 Å². The van der Waals surface area contributed by atoms with Crippen LogP contribution in [0.2, 0.25) is 0 Å². The molecule has 316 valence electrons. The van der Waals surface area contributed by atoms with Crippen LogP contribution in [0.4, 0.5) is 0 Å². The molecule has 53 heavy (non-hydrogen) atoms. The SMILES string of the molecule is CCCCCCCCCCCCC/C=C\CCCCCCCCCC(=O)NC(COP(=O)(O)OCC[N+](C)(C)C)C(O)CCCCCCCCCCC. The first kappa shape index (κ1) is 52.2. The molecule has 0 spiro atoms. The van der Waals surface area contributed by atoms with Crippen LogP contribution in [-0.2, 0) is 18.4 Å². The van der Waals surface area contributed by atoms with Gasteiger partial charge in [-0.3, -0.25) is 13.8 Å². The summed E-state index contributed by atoms with van der Waals surface area (Å²) in [6, 6.07) is -0.757. The molecule has 3 N–H and O–H groups in total. The lowest BCUT2D eigenvalue weighted by Crippen LogP contribution is -2.46. The van der Waals surface area contributed by atoms with E-state index in [4.69, 9.17) is 9.05 Å². The first-order valence-corrected chi connectivity index (χ1v) is 24.0. The van der Waals surface area contributed by atoms with Crippen molar-refractivity contribution in [1.29, 1.82) is 0 Å². The Morgan fingerprint density at radius 3 is 1.45 bits per heavy atom. The molecule has 8 nitrogen and oxygen atoms in total. The van der Waals surface area contributed by atoms with E-state index in [1.54, 1.807) is 0 Å². The smallest absolute Gasteiger partial charge is 0.391 e. The molecule has 0 rings (SSSR count). The maximum absolute atomic E-state index is 12.8. The molecule has 1 amide bonds. The highest BCUT2D eigenvalue weighted by Crippen LogP contribution is 2.43. The van der Waals surface area contributed by atoms with Crippen molar-refractivity contribution in [3.63, 3.8) is 0 Å². The number of carbonyl (C=O) groups excluding carboxylic acids is 1. The Bertz CT molecular complexity index is 880. The molecule has 0 fully saturated rings. The second kappa shape index (κ2) is 36.9. The number of aliphatic hydroxyl groups excluding tert-OH is 1. The average Bonchev–Trinajstić information content (AvgIpc) is 3.10. The van der Waals surface area contributed by atoms with Crippen molar-refractivity contribution >= 4 is 13.7 Å². The molecule has 0 aliphatic rings. The fourth-order valence-electron chi connectivity index (χ4n) is 6.63. The number of phosphoric acid groups is 1. The Hall–Kier alpha value is -0.760. The van der Waals surface area contributed by atoms with Crippen LogP contribution in [0.3, 0.4) is 0 Å². The van der Waals surface area contributed by atoms with Gasteiger partial charge in [0.05, 0.1) is 39.9 Å². The summed E-state index contributed by atoms with van der Waals surface area (Å²) >= 11 is 0. The minimum absolute atomic E-state index is 0.0753. The second-order valence-electron chi connectivity index (χ2n) is 16.8. The third-order valence-electron chi connectivity index (χ3n) is 10.3. The van der Waals surface area contributed by atoms with Crippen LogP contribution < -0.4 is 5.32 Å². The molecule has 9 heteroatoms. The van der Waals surface area contributed by atoms with Crippen molar-refractivity contribution < 1.29 is 32.9 Å². The van der Waals surface area contributed by atoms with Crippen molar-refractivity contribution in [3.8, 4) is 0 Å². The van der Waals surface area contributed by atoms with Gasteiger partial charge in [-0.1, -0.05) is 180 Å². The third kappa shape index (κ3) is 39.3. The lowest BCUT2D eigenvalue weighted by Gasteiger charge is -2.26. The van der Waals surface area contributed by atoms with Gasteiger partial charge in [0.1, 0.15) is 13.2 Å². The average molecular weight is 774 g/mol. The Kier molecular flexibility index (Phi) is 36.3. The predicted molar refractivity (Wildman–Crippen MR) is 226 cm³/mol. The van der Waals surface area contributed by atoms with Crippen molar-refractivity contribution in [3.05, 3.63) is 12.2 Å². The van der Waals surface area contributed by atoms with Crippen molar-refractivity contribution in [1.82, 2.24) is 5.32 Å². The van der Waals surface area contributed by atoms with E-state index in [1.807, 2.05) is 21.1 Å². The number of amides is 1. The highest BCUT2D eigenvalue weighted by Gasteiger charge is 2.28. The number of quaternary nitrogens is 1. The number of unbranched alkanes of at least 4 members (excludes halogenated alkanes) is 26. The molecule has 0 saturated carbocycles. The number of nitrogens with one attached hydrogen (secondary N) is 1. The molecule has 0 aromatic rings. The van der Waals surface area contributed by atoms with Gasteiger partial charge < -0.3 is 19.8 Å². The van der Waals surface area contributed by atoms with Crippen molar-refractivity contribution in [2.45, 2.75) is 225 Å². The molecule has 3 atom stereocenters. The normalized spacial score (nSPS) is 14.5. The van der Waals surface area contributed by atoms with Crippen molar-refractivity contribution in [2.24, 2.45) is 0 Å². The summed E-state index contributed by atoms with van der Waals surface area (Å²) in [4.78, 5) is 23.1. The lowest BCUT2D eigenvalue weighted by molar-refractivity contribution is -0.870. The number of carbonyl (C=O) groups is 1. The zero-order valence-corrected chi connectivity index (χ0v) is 36.7. The molecule has 0 heterocycles. The topological polar surface area (TPSA) is 105 Å². The Morgan fingerprint density at radius 2 is 1.02 bits per heavy atom. The minimum Gasteiger partial charge on any atom is -0.391 e. The van der Waals surface area contributed by atoms with Crippen LogP contribution in [0.25, 0.3) is 0 Å². The van der Waals surface area contributed by atoms with Gasteiger partial charge in [0.15, 0.2) is 0 Å². The zero-order valence-electron chi connectivity index (χ0n) is 35.8. The fraction of sp³-hybridized carbons (Fsp3) is 0.932. The van der Waals surface area contributed by atoms with Crippen LogP contribution in [0.1, 0.15) is 213 Å². The standard InChI is InChI=1S/C44H89N2O6P/c1-6-8-10-12-14-16-17-18-19-20-21-22-23-24-25-26-27-28-30-32-34-36-38-44(48)45-42(41-52-53(49,50)51-40-39-46(3,4)5)43(47)37-35-33-31-29-15-13-11-9-7-2/h23-24,42-43,47H,6-22,25-41H2,1-5H3,(H-,45,48,49,50)/p+1/b24-23-. The summed E-state index contributed by atoms with van der Waals surface area (Å²) in [5.41, 5.74) is 0. The molecule has 0 bridgehead atoms. The number of hydrogen-bond acceptors (Lipinski definition) is 5. The zero-order chi connectivity index (χ0) is 39.3. The molecule has 0 saturated heterocycles. The second-order valence-corrected chi connectivity index (χ2v) is 18.2. The van der Waals surface area contributed by atoms with Gasteiger partial charge >= 0.3 is 7.82 Å². The number of nitrogens with zero attached hydrogens (tertiary/aromatic N) is 1. The monoisotopic (exact) mass is 774 g/mol. The highest BCUT2D eigenvalue weighted by atomic mass is 31.2. The molecule has 0 aromatic heterocycles. The summed E-state index contributed by atoms with van der Waals surface area (Å²) in [7, 11) is 1.62. The van der Waals surface area contributed by atoms with E-state index in [0.717, 1.165) is 38.5 Å². The maximum Gasteiger partial charge on any atom is 0.472 e. The van der Waals surface area contributed by atoms with Gasteiger partial charge in [-0.25, -0.2) is 4.57 Å². The fourth-order valence-corrected chi connectivity index (χ4v) is 7.36. The quantitative estimate of drug-likeness (QED) is 0.0247. The van der Waals surface area contributed by atoms with E-state index in [9.17, 15) is 19.4 Å². The van der Waals surface area contributed by atoms with Crippen molar-refractivity contribution in [2.75, 3.05) is 40.9 Å². The van der Waals surface area contributed by atoms with E-state index in [2.05, 4.69) is 31.3 Å². The van der Waals surface area contributed by atoms with Crippen LogP contribution in [0.15, 0.2) is 12.2 Å². The summed E-state index contributed by atoms with van der Waals surface area (Å²) in [6.07, 6.45) is 41.1. The van der Waals surface area contributed by atoms with Gasteiger partial charge in [0.2, 0.25) is 5.91 Å². The minimum atomic E-state index is -4.30. The Morgan fingerprint density at radius 1 is 0.623 bits per heavy atom. The number of rotatable bonds is 41. The summed E-state index contributed by atoms with van der Waals surface area (Å²) in [6.45, 7) is 4.87. The van der Waals surface area contributed by atoms with E-state index in [0.29, 0.717) is 23.9 Å². The summed E-state index contributed by atoms with van der Waals surface area (Å²) < 4.78 is 23.5. The van der Waals surface area contributed by atoms with Gasteiger partial charge in [-0.2, -0.15) is 0 Å². The number of likely N-dealkylation sites (N-methyl/N-ethyl adjacent to an activating group) is 1. The maximum atomic E-state index is 12.8. The first-order chi connectivity index (χ1) is 25.5. The first-order valence-electron chi connectivity index (χ1n) is 22.6. The number of phosphoric ester groups is 1. The molecular weight excluding hydrogens is 683 g/mol. The molecule has 3 unspecified atom stereocenters. The van der Waals surface area contributed by atoms with Crippen LogP contribution in [-0.4, -0.2) is 73.4 Å². The largest absolute Gasteiger partial charge is 0.472 e. The summed E-state index contributed by atoms with van der Waals surface area (Å²) in [5, 5.41) is 13.9. The molecule has 0 radical (unpaired) electrons. The van der Waals surface area contributed by atoms with E-state index in [-0.39, 0.29) is 19.1 Å². The van der Waals surface area contributed by atoms with E-state index >= 15 is 0 Å². The van der Waals surface area contributed by atoms with Gasteiger partial charge in [-0.15, -0.1) is 0 Å². The molecule has 0 aromatic carbocycles. The van der Waals surface area contributed by atoms with E-state index in [1.165, 1.54) is 148 Å². The van der Waals surface area contributed by atoms with E-state index < -0.39 is 20.0 Å².